The number of halogens is 3. The number of hydrogen-bond acceptors (Lipinski definition) is 4. The van der Waals surface area contributed by atoms with Crippen LogP contribution in [0.1, 0.15) is 23.4 Å². The molecule has 1 aliphatic heterocycles. The van der Waals surface area contributed by atoms with Gasteiger partial charge in [0.1, 0.15) is 5.76 Å². The van der Waals surface area contributed by atoms with Gasteiger partial charge in [-0.3, -0.25) is 9.69 Å². The van der Waals surface area contributed by atoms with Gasteiger partial charge in [-0.2, -0.15) is 13.2 Å². The quantitative estimate of drug-likeness (QED) is 0.922. The summed E-state index contributed by atoms with van der Waals surface area (Å²) in [6, 6.07) is 4.92. The van der Waals surface area contributed by atoms with Crippen molar-refractivity contribution in [2.75, 3.05) is 19.6 Å². The second-order valence-electron chi connectivity index (χ2n) is 5.98. The van der Waals surface area contributed by atoms with Crippen LogP contribution >= 0.6 is 0 Å². The lowest BCUT2D eigenvalue weighted by Crippen LogP contribution is -2.28. The third-order valence-corrected chi connectivity index (χ3v) is 4.11. The Kier molecular flexibility index (Phi) is 4.80. The third kappa shape index (κ3) is 4.19. The summed E-state index contributed by atoms with van der Waals surface area (Å²) >= 11 is 0. The van der Waals surface area contributed by atoms with Crippen molar-refractivity contribution in [2.24, 2.45) is 0 Å². The Hall–Kier alpha value is -2.35. The van der Waals surface area contributed by atoms with Crippen molar-refractivity contribution in [3.8, 4) is 11.5 Å². The van der Waals surface area contributed by atoms with Gasteiger partial charge in [0, 0.05) is 38.2 Å². The van der Waals surface area contributed by atoms with Crippen molar-refractivity contribution in [3.05, 3.63) is 41.3 Å². The Morgan fingerprint density at radius 1 is 1.32 bits per heavy atom. The van der Waals surface area contributed by atoms with E-state index in [1.807, 2.05) is 0 Å². The summed E-state index contributed by atoms with van der Waals surface area (Å²) in [6.45, 7) is 4.09. The molecule has 1 aromatic carbocycles. The highest BCUT2D eigenvalue weighted by Crippen LogP contribution is 2.32. The van der Waals surface area contributed by atoms with E-state index in [9.17, 15) is 18.0 Å². The van der Waals surface area contributed by atoms with Crippen molar-refractivity contribution in [3.63, 3.8) is 0 Å². The SMILES string of the molecule is Cc1oc(-c2cccc(C(F)(F)F)c2)nc1CN1CCNC(=O)CC1. The van der Waals surface area contributed by atoms with Crippen LogP contribution in [0, 0.1) is 6.92 Å². The molecule has 2 heterocycles. The molecule has 1 fully saturated rings. The van der Waals surface area contributed by atoms with Gasteiger partial charge in [0.05, 0.1) is 11.3 Å². The molecular formula is C17H18F3N3O2. The van der Waals surface area contributed by atoms with E-state index in [4.69, 9.17) is 4.42 Å². The predicted molar refractivity (Wildman–Crippen MR) is 84.6 cm³/mol. The number of benzene rings is 1. The first-order valence-electron chi connectivity index (χ1n) is 7.96. The fourth-order valence-electron chi connectivity index (χ4n) is 2.71. The molecule has 5 nitrogen and oxygen atoms in total. The molecule has 2 aromatic rings. The maximum Gasteiger partial charge on any atom is 0.416 e. The van der Waals surface area contributed by atoms with Gasteiger partial charge in [0.15, 0.2) is 0 Å². The number of rotatable bonds is 3. The van der Waals surface area contributed by atoms with Crippen LogP contribution in [0.15, 0.2) is 28.7 Å². The minimum absolute atomic E-state index is 0.0176. The molecule has 25 heavy (non-hydrogen) atoms. The summed E-state index contributed by atoms with van der Waals surface area (Å²) in [5.74, 6) is 0.752. The van der Waals surface area contributed by atoms with Crippen molar-refractivity contribution >= 4 is 5.91 Å². The van der Waals surface area contributed by atoms with Crippen LogP contribution < -0.4 is 5.32 Å². The monoisotopic (exact) mass is 353 g/mol. The Morgan fingerprint density at radius 3 is 2.88 bits per heavy atom. The first-order chi connectivity index (χ1) is 11.8. The molecule has 0 radical (unpaired) electrons. The zero-order chi connectivity index (χ0) is 18.0. The zero-order valence-corrected chi connectivity index (χ0v) is 13.7. The van der Waals surface area contributed by atoms with Gasteiger partial charge in [-0.25, -0.2) is 4.98 Å². The molecule has 0 unspecified atom stereocenters. The molecule has 3 rings (SSSR count). The third-order valence-electron chi connectivity index (χ3n) is 4.11. The molecule has 1 aliphatic rings. The largest absolute Gasteiger partial charge is 0.441 e. The smallest absolute Gasteiger partial charge is 0.416 e. The van der Waals surface area contributed by atoms with Crippen molar-refractivity contribution in [1.82, 2.24) is 15.2 Å². The molecule has 0 bridgehead atoms. The first-order valence-corrected chi connectivity index (χ1v) is 7.96. The van der Waals surface area contributed by atoms with E-state index in [-0.39, 0.29) is 17.4 Å². The van der Waals surface area contributed by atoms with Crippen molar-refractivity contribution in [2.45, 2.75) is 26.1 Å². The molecule has 8 heteroatoms. The molecule has 1 N–H and O–H groups in total. The second-order valence-corrected chi connectivity index (χ2v) is 5.98. The molecule has 1 amide bonds. The standard InChI is InChI=1S/C17H18F3N3O2/c1-11-14(10-23-7-5-15(24)21-6-8-23)22-16(25-11)12-3-2-4-13(9-12)17(18,19)20/h2-4,9H,5-8,10H2,1H3,(H,21,24). The number of nitrogens with zero attached hydrogens (tertiary/aromatic N) is 2. The van der Waals surface area contributed by atoms with Gasteiger partial charge < -0.3 is 9.73 Å². The summed E-state index contributed by atoms with van der Waals surface area (Å²) in [7, 11) is 0. The van der Waals surface area contributed by atoms with E-state index in [2.05, 4.69) is 15.2 Å². The Labute approximate surface area is 142 Å². The lowest BCUT2D eigenvalue weighted by Gasteiger charge is -2.17. The minimum atomic E-state index is -4.41. The number of amides is 1. The first kappa shape index (κ1) is 17.5. The summed E-state index contributed by atoms with van der Waals surface area (Å²) in [5, 5.41) is 2.80. The fourth-order valence-corrected chi connectivity index (χ4v) is 2.71. The van der Waals surface area contributed by atoms with Crippen LogP contribution in [0.5, 0.6) is 0 Å². The van der Waals surface area contributed by atoms with Crippen molar-refractivity contribution in [1.29, 1.82) is 0 Å². The molecule has 1 saturated heterocycles. The zero-order valence-electron chi connectivity index (χ0n) is 13.7. The number of alkyl halides is 3. The number of hydrogen-bond donors (Lipinski definition) is 1. The Balaban J connectivity index is 1.79. The normalized spacial score (nSPS) is 16.6. The van der Waals surface area contributed by atoms with Crippen LogP contribution in [0.25, 0.3) is 11.5 Å². The molecule has 0 atom stereocenters. The summed E-state index contributed by atoms with van der Waals surface area (Å²) < 4.78 is 44.1. The highest BCUT2D eigenvalue weighted by molar-refractivity contribution is 5.76. The Bertz CT molecular complexity index is 771. The molecular weight excluding hydrogens is 335 g/mol. The van der Waals surface area contributed by atoms with Crippen LogP contribution in [-0.2, 0) is 17.5 Å². The molecule has 0 aliphatic carbocycles. The van der Waals surface area contributed by atoms with Crippen LogP contribution in [-0.4, -0.2) is 35.4 Å². The van der Waals surface area contributed by atoms with Gasteiger partial charge in [-0.1, -0.05) is 6.07 Å². The highest BCUT2D eigenvalue weighted by atomic mass is 19.4. The highest BCUT2D eigenvalue weighted by Gasteiger charge is 2.31. The summed E-state index contributed by atoms with van der Waals surface area (Å²) in [6.07, 6.45) is -4.00. The number of aromatic nitrogens is 1. The number of nitrogens with one attached hydrogen (secondary N) is 1. The number of carbonyl (C=O) groups is 1. The van der Waals surface area contributed by atoms with Gasteiger partial charge in [0.2, 0.25) is 11.8 Å². The predicted octanol–water partition coefficient (Wildman–Crippen LogP) is 2.99. The van der Waals surface area contributed by atoms with Gasteiger partial charge in [-0.15, -0.1) is 0 Å². The van der Waals surface area contributed by atoms with E-state index in [1.54, 1.807) is 13.0 Å². The number of carbonyl (C=O) groups excluding carboxylic acids is 1. The summed E-state index contributed by atoms with van der Waals surface area (Å²) in [4.78, 5) is 17.8. The molecule has 0 saturated carbocycles. The average molecular weight is 353 g/mol. The van der Waals surface area contributed by atoms with E-state index in [0.29, 0.717) is 44.1 Å². The van der Waals surface area contributed by atoms with Gasteiger partial charge >= 0.3 is 6.18 Å². The fraction of sp³-hybridized carbons (Fsp3) is 0.412. The maximum absolute atomic E-state index is 12.9. The van der Waals surface area contributed by atoms with Crippen molar-refractivity contribution < 1.29 is 22.4 Å². The van der Waals surface area contributed by atoms with E-state index < -0.39 is 11.7 Å². The average Bonchev–Trinajstić information content (AvgIpc) is 2.79. The second kappa shape index (κ2) is 6.87. The van der Waals surface area contributed by atoms with E-state index in [1.165, 1.54) is 6.07 Å². The maximum atomic E-state index is 12.9. The summed E-state index contributed by atoms with van der Waals surface area (Å²) in [5.41, 5.74) is 0.221. The molecule has 134 valence electrons. The topological polar surface area (TPSA) is 58.4 Å². The number of oxazole rings is 1. The van der Waals surface area contributed by atoms with Crippen LogP contribution in [0.2, 0.25) is 0 Å². The van der Waals surface area contributed by atoms with Gasteiger partial charge in [-0.05, 0) is 25.1 Å². The molecule has 0 spiro atoms. The van der Waals surface area contributed by atoms with E-state index in [0.717, 1.165) is 12.1 Å². The number of aryl methyl sites for hydroxylation is 1. The lowest BCUT2D eigenvalue weighted by molar-refractivity contribution is -0.137. The van der Waals surface area contributed by atoms with Crippen LogP contribution in [0.4, 0.5) is 13.2 Å². The molecule has 1 aromatic heterocycles. The lowest BCUT2D eigenvalue weighted by atomic mass is 10.1. The van der Waals surface area contributed by atoms with Gasteiger partial charge in [0.25, 0.3) is 0 Å². The van der Waals surface area contributed by atoms with E-state index >= 15 is 0 Å². The van der Waals surface area contributed by atoms with Crippen LogP contribution in [0.3, 0.4) is 0 Å². The minimum Gasteiger partial charge on any atom is -0.441 e. The Morgan fingerprint density at radius 2 is 2.12 bits per heavy atom.